The lowest BCUT2D eigenvalue weighted by atomic mass is 9.88. The number of hydrogen-bond acceptors (Lipinski definition) is 8. The van der Waals surface area contributed by atoms with E-state index in [1.807, 2.05) is 6.07 Å². The number of thiophene rings is 1. The van der Waals surface area contributed by atoms with Gasteiger partial charge in [0.25, 0.3) is 5.91 Å². The van der Waals surface area contributed by atoms with Crippen LogP contribution >= 0.6 is 11.3 Å². The number of esters is 1. The maximum Gasteiger partial charge on any atom is 0.343 e. The second kappa shape index (κ2) is 9.73. The summed E-state index contributed by atoms with van der Waals surface area (Å²) in [4.78, 5) is 27.3. The van der Waals surface area contributed by atoms with Crippen molar-refractivity contribution in [2.75, 3.05) is 26.6 Å². The number of rotatable bonds is 6. The first kappa shape index (κ1) is 24.0. The van der Waals surface area contributed by atoms with Crippen LogP contribution in [0.15, 0.2) is 36.4 Å². The molecule has 2 heterocycles. The summed E-state index contributed by atoms with van der Waals surface area (Å²) in [6.07, 6.45) is 2.63. The number of carbonyl (C=O) groups is 2. The molecule has 188 valence electrons. The lowest BCUT2D eigenvalue weighted by Gasteiger charge is -2.27. The molecule has 2 atom stereocenters. The number of benzene rings is 2. The van der Waals surface area contributed by atoms with Crippen LogP contribution in [0, 0.1) is 5.92 Å². The molecule has 9 heteroatoms. The number of anilines is 1. The van der Waals surface area contributed by atoms with E-state index in [-0.39, 0.29) is 11.5 Å². The highest BCUT2D eigenvalue weighted by atomic mass is 32.1. The summed E-state index contributed by atoms with van der Waals surface area (Å²) in [6.45, 7) is 2.25. The van der Waals surface area contributed by atoms with Crippen LogP contribution in [0.25, 0.3) is 0 Å². The molecular weight excluding hydrogens is 480 g/mol. The molecule has 0 saturated carbocycles. The molecule has 0 saturated heterocycles. The van der Waals surface area contributed by atoms with Crippen LogP contribution in [-0.4, -0.2) is 33.2 Å². The maximum absolute atomic E-state index is 13.0. The minimum Gasteiger partial charge on any atom is -0.493 e. The zero-order valence-electron chi connectivity index (χ0n) is 20.6. The molecule has 1 aliphatic carbocycles. The average Bonchev–Trinajstić information content (AvgIpc) is 3.25. The van der Waals surface area contributed by atoms with Gasteiger partial charge in [0.05, 0.1) is 32.5 Å². The van der Waals surface area contributed by atoms with Gasteiger partial charge in [-0.3, -0.25) is 4.79 Å². The molecule has 1 aliphatic heterocycles. The maximum atomic E-state index is 13.0. The Balaban J connectivity index is 1.37. The lowest BCUT2D eigenvalue weighted by molar-refractivity contribution is 0.0733. The first-order valence-electron chi connectivity index (χ1n) is 11.8. The van der Waals surface area contributed by atoms with Crippen molar-refractivity contribution in [2.24, 2.45) is 5.92 Å². The number of fused-ring (bicyclic) bond motifs is 3. The Kier molecular flexibility index (Phi) is 6.49. The largest absolute Gasteiger partial charge is 0.493 e. The van der Waals surface area contributed by atoms with Crippen molar-refractivity contribution in [3.05, 3.63) is 63.5 Å². The predicted octanol–water partition coefficient (Wildman–Crippen LogP) is 4.97. The number of ether oxygens (including phenoxy) is 4. The van der Waals surface area contributed by atoms with Gasteiger partial charge in [0.1, 0.15) is 16.9 Å². The molecule has 0 bridgehead atoms. The van der Waals surface area contributed by atoms with Crippen molar-refractivity contribution >= 4 is 28.2 Å². The van der Waals surface area contributed by atoms with Gasteiger partial charge in [-0.05, 0) is 60.6 Å². The van der Waals surface area contributed by atoms with Gasteiger partial charge in [0.2, 0.25) is 5.75 Å². The molecule has 2 N–H and O–H groups in total. The number of amides is 1. The van der Waals surface area contributed by atoms with Crippen molar-refractivity contribution in [3.8, 4) is 23.0 Å². The number of carbonyl (C=O) groups excluding carboxylic acids is 2. The van der Waals surface area contributed by atoms with Crippen molar-refractivity contribution in [2.45, 2.75) is 32.4 Å². The summed E-state index contributed by atoms with van der Waals surface area (Å²) in [5.41, 5.74) is 3.00. The minimum atomic E-state index is -0.575. The van der Waals surface area contributed by atoms with Gasteiger partial charge < -0.3 is 29.6 Å². The molecule has 1 amide bonds. The Bertz CT molecular complexity index is 1310. The van der Waals surface area contributed by atoms with Crippen LogP contribution in [0.5, 0.6) is 23.0 Å². The standard InChI is InChI=1S/C27H28N2O6S/c1-14-8-9-18-21(10-14)36-26-22(18)25(30)28-24(29-26)15-6-5-7-17(11-15)35-27(31)16-12-19(32-2)23(34-4)20(13-16)33-3/h5-7,11-14,24,29H,8-10H2,1-4H3,(H,28,30)/t14-,24-/m1/s1. The normalized spacial score (nSPS) is 18.3. The Hall–Kier alpha value is -3.72. The molecule has 36 heavy (non-hydrogen) atoms. The topological polar surface area (TPSA) is 95.1 Å². The molecule has 0 unspecified atom stereocenters. The summed E-state index contributed by atoms with van der Waals surface area (Å²) < 4.78 is 21.6. The Morgan fingerprint density at radius 2 is 1.78 bits per heavy atom. The molecule has 0 radical (unpaired) electrons. The molecule has 5 rings (SSSR count). The van der Waals surface area contributed by atoms with Crippen molar-refractivity contribution in [1.29, 1.82) is 0 Å². The first-order chi connectivity index (χ1) is 17.4. The molecule has 2 aliphatic rings. The van der Waals surface area contributed by atoms with Crippen LogP contribution in [-0.2, 0) is 12.8 Å². The van der Waals surface area contributed by atoms with Crippen LogP contribution in [0.1, 0.15) is 56.2 Å². The van der Waals surface area contributed by atoms with Crippen molar-refractivity contribution < 1.29 is 28.5 Å². The van der Waals surface area contributed by atoms with Crippen LogP contribution in [0.3, 0.4) is 0 Å². The van der Waals surface area contributed by atoms with Gasteiger partial charge in [-0.1, -0.05) is 19.1 Å². The minimum absolute atomic E-state index is 0.0689. The van der Waals surface area contributed by atoms with E-state index in [1.165, 1.54) is 43.9 Å². The van der Waals surface area contributed by atoms with Crippen LogP contribution in [0.4, 0.5) is 5.00 Å². The molecule has 8 nitrogen and oxygen atoms in total. The van der Waals surface area contributed by atoms with Gasteiger partial charge in [-0.25, -0.2) is 4.79 Å². The zero-order valence-corrected chi connectivity index (χ0v) is 21.4. The number of methoxy groups -OCH3 is 3. The highest BCUT2D eigenvalue weighted by molar-refractivity contribution is 7.16. The molecular formula is C27H28N2O6S. The van der Waals surface area contributed by atoms with E-state index in [9.17, 15) is 9.59 Å². The average molecular weight is 509 g/mol. The zero-order chi connectivity index (χ0) is 25.4. The van der Waals surface area contributed by atoms with Crippen molar-refractivity contribution in [3.63, 3.8) is 0 Å². The quantitative estimate of drug-likeness (QED) is 0.358. The molecule has 2 aromatic carbocycles. The lowest BCUT2D eigenvalue weighted by Crippen LogP contribution is -2.38. The van der Waals surface area contributed by atoms with E-state index >= 15 is 0 Å². The highest BCUT2D eigenvalue weighted by Crippen LogP contribution is 2.43. The van der Waals surface area contributed by atoms with E-state index in [0.29, 0.717) is 28.9 Å². The first-order valence-corrected chi connectivity index (χ1v) is 12.6. The van der Waals surface area contributed by atoms with Gasteiger partial charge >= 0.3 is 5.97 Å². The number of nitrogens with one attached hydrogen (secondary N) is 2. The SMILES string of the molecule is COc1cc(C(=O)Oc2cccc([C@@H]3NC(=O)c4c(sc5c4CC[C@@H](C)C5)N3)c2)cc(OC)c1OC. The van der Waals surface area contributed by atoms with Gasteiger partial charge in [0.15, 0.2) is 11.5 Å². The van der Waals surface area contributed by atoms with Crippen molar-refractivity contribution in [1.82, 2.24) is 5.32 Å². The van der Waals surface area contributed by atoms with E-state index < -0.39 is 12.1 Å². The third-order valence-electron chi connectivity index (χ3n) is 6.59. The van der Waals surface area contributed by atoms with E-state index in [1.54, 1.807) is 29.5 Å². The van der Waals surface area contributed by atoms with Gasteiger partial charge in [-0.2, -0.15) is 0 Å². The van der Waals surface area contributed by atoms with E-state index in [0.717, 1.165) is 35.4 Å². The fourth-order valence-electron chi connectivity index (χ4n) is 4.75. The molecule has 3 aromatic rings. The summed E-state index contributed by atoms with van der Waals surface area (Å²) in [7, 11) is 4.46. The Morgan fingerprint density at radius 3 is 2.47 bits per heavy atom. The Morgan fingerprint density at radius 1 is 1.03 bits per heavy atom. The second-order valence-corrected chi connectivity index (χ2v) is 10.1. The van der Waals surface area contributed by atoms with E-state index in [4.69, 9.17) is 18.9 Å². The Labute approximate surface area is 213 Å². The van der Waals surface area contributed by atoms with Crippen LogP contribution in [0.2, 0.25) is 0 Å². The molecule has 0 fully saturated rings. The van der Waals surface area contributed by atoms with Gasteiger partial charge in [-0.15, -0.1) is 11.3 Å². The summed E-state index contributed by atoms with van der Waals surface area (Å²) in [6, 6.07) is 10.2. The summed E-state index contributed by atoms with van der Waals surface area (Å²) in [5.74, 6) is 1.45. The third kappa shape index (κ3) is 4.35. The fourth-order valence-corrected chi connectivity index (χ4v) is 6.19. The monoisotopic (exact) mass is 508 g/mol. The van der Waals surface area contributed by atoms with E-state index in [2.05, 4.69) is 17.6 Å². The summed E-state index contributed by atoms with van der Waals surface area (Å²) in [5, 5.41) is 7.44. The third-order valence-corrected chi connectivity index (χ3v) is 7.78. The second-order valence-electron chi connectivity index (χ2n) is 8.98. The molecule has 0 spiro atoms. The van der Waals surface area contributed by atoms with Crippen LogP contribution < -0.4 is 29.6 Å². The van der Waals surface area contributed by atoms with Gasteiger partial charge in [0, 0.05) is 4.88 Å². The predicted molar refractivity (Wildman–Crippen MR) is 137 cm³/mol. The molecule has 1 aromatic heterocycles. The number of hydrogen-bond donors (Lipinski definition) is 2. The summed E-state index contributed by atoms with van der Waals surface area (Å²) >= 11 is 1.67. The smallest absolute Gasteiger partial charge is 0.343 e. The fraction of sp³-hybridized carbons (Fsp3) is 0.333. The highest BCUT2D eigenvalue weighted by Gasteiger charge is 2.33.